The van der Waals surface area contributed by atoms with Crippen LogP contribution in [0.4, 0.5) is 0 Å². The number of nitrogens with one attached hydrogen (secondary N) is 1. The molecule has 2 N–H and O–H groups in total. The molecule has 2 amide bonds. The fourth-order valence-corrected chi connectivity index (χ4v) is 8.40. The number of benzene rings is 3. The van der Waals surface area contributed by atoms with Crippen LogP contribution in [0, 0.1) is 33.6 Å². The fourth-order valence-electron chi connectivity index (χ4n) is 8.40. The number of pyridine rings is 1. The highest BCUT2D eigenvalue weighted by atomic mass is 16.6. The summed E-state index contributed by atoms with van der Waals surface area (Å²) in [5.41, 5.74) is 7.40. The quantitative estimate of drug-likeness (QED) is 0.143. The number of carbonyl (C=O) groups excluding carboxylic acids is 2. The Hall–Kier alpha value is -6.17. The monoisotopic (exact) mass is 798 g/mol. The molecule has 1 aliphatic carbocycles. The van der Waals surface area contributed by atoms with Crippen LogP contribution in [-0.2, 0) is 29.0 Å². The van der Waals surface area contributed by atoms with Crippen LogP contribution in [-0.4, -0.2) is 62.6 Å². The Morgan fingerprint density at radius 3 is 2.36 bits per heavy atom. The Labute approximate surface area is 343 Å². The first-order valence-corrected chi connectivity index (χ1v) is 20.4. The van der Waals surface area contributed by atoms with Crippen molar-refractivity contribution in [3.8, 4) is 28.4 Å². The molecule has 5 aromatic rings. The maximum absolute atomic E-state index is 14.2. The van der Waals surface area contributed by atoms with E-state index < -0.39 is 29.9 Å². The molecule has 3 atom stereocenters. The van der Waals surface area contributed by atoms with Crippen LogP contribution in [0.15, 0.2) is 77.3 Å². The molecule has 1 saturated carbocycles. The van der Waals surface area contributed by atoms with Gasteiger partial charge in [-0.15, -0.1) is 0 Å². The number of carboxylic acids is 1. The predicted octanol–water partition coefficient (Wildman–Crippen LogP) is 7.82. The summed E-state index contributed by atoms with van der Waals surface area (Å²) in [7, 11) is 0. The van der Waals surface area contributed by atoms with Gasteiger partial charge in [-0.1, -0.05) is 43.3 Å². The Morgan fingerprint density at radius 1 is 0.932 bits per heavy atom. The number of ether oxygens (including phenoxy) is 3. The van der Waals surface area contributed by atoms with Crippen LogP contribution in [0.2, 0.25) is 0 Å². The van der Waals surface area contributed by atoms with Crippen LogP contribution < -0.4 is 19.5 Å². The lowest BCUT2D eigenvalue weighted by Gasteiger charge is -2.37. The van der Waals surface area contributed by atoms with Crippen molar-refractivity contribution in [2.24, 2.45) is 5.92 Å². The van der Waals surface area contributed by atoms with Crippen LogP contribution in [0.3, 0.4) is 0 Å². The Bertz CT molecular complexity index is 2360. The first kappa shape index (κ1) is 39.6. The van der Waals surface area contributed by atoms with Crippen molar-refractivity contribution in [2.75, 3.05) is 6.61 Å². The molecule has 8 rings (SSSR count). The SMILES string of the molecule is Cc1nc(C(=O)N2Cc3cc4c(cc3C[C@H]2C(=O)N[C@@H](Cc2ccc(-c3ccnc(C)c3C)cc2)C(=O)O)OC[C@H](c2ccc(O[C@H]3CC[C@H](C)CC3)cc2)O4)c(C)o1. The zero-order valence-corrected chi connectivity index (χ0v) is 34.1. The number of aromatic nitrogens is 2. The molecule has 0 spiro atoms. The number of oxazole rings is 1. The van der Waals surface area contributed by atoms with Crippen LogP contribution in [0.25, 0.3) is 11.1 Å². The van der Waals surface area contributed by atoms with Gasteiger partial charge in [-0.3, -0.25) is 14.6 Å². The Balaban J connectivity index is 1.000. The molecule has 306 valence electrons. The maximum Gasteiger partial charge on any atom is 0.326 e. The van der Waals surface area contributed by atoms with Crippen molar-refractivity contribution < 1.29 is 38.1 Å². The van der Waals surface area contributed by atoms with E-state index in [0.717, 1.165) is 69.1 Å². The summed E-state index contributed by atoms with van der Waals surface area (Å²) in [6, 6.07) is 19.0. The van der Waals surface area contributed by atoms with Gasteiger partial charge in [0.05, 0.1) is 6.10 Å². The van der Waals surface area contributed by atoms with E-state index in [9.17, 15) is 19.5 Å². The minimum atomic E-state index is -1.25. The third kappa shape index (κ3) is 8.53. The zero-order chi connectivity index (χ0) is 41.4. The van der Waals surface area contributed by atoms with Crippen LogP contribution in [0.1, 0.15) is 94.4 Å². The van der Waals surface area contributed by atoms with Gasteiger partial charge in [-0.05, 0) is 122 Å². The molecule has 3 aromatic carbocycles. The Kier molecular flexibility index (Phi) is 11.2. The van der Waals surface area contributed by atoms with Crippen LogP contribution >= 0.6 is 0 Å². The normalized spacial score (nSPS) is 20.3. The van der Waals surface area contributed by atoms with E-state index in [1.165, 1.54) is 17.7 Å². The van der Waals surface area contributed by atoms with Crippen molar-refractivity contribution in [3.05, 3.63) is 124 Å². The molecule has 2 aliphatic heterocycles. The van der Waals surface area contributed by atoms with E-state index in [0.29, 0.717) is 23.1 Å². The van der Waals surface area contributed by atoms with E-state index in [1.807, 2.05) is 80.6 Å². The average molecular weight is 799 g/mol. The molecule has 4 heterocycles. The number of hydrogen-bond acceptors (Lipinski definition) is 9. The third-order valence-corrected chi connectivity index (χ3v) is 12.0. The third-order valence-electron chi connectivity index (χ3n) is 12.0. The standard InChI is InChI=1S/C47H50N4O8/c1-26-6-14-36(15-7-26)58-37-16-12-33(13-17-37)43-25-56-41-22-34-21-40(51(24-35(34)23-42(41)59-43)46(53)44-29(4)57-30(5)49-44)45(52)50-39(47(54)55)20-31-8-10-32(11-9-31)38-18-19-48-28(3)27(38)2/h8-13,16-19,22-23,26,36,39-40,43H,6-7,14-15,20-21,24-25H2,1-5H3,(H,50,52)(H,54,55)/t26-,36-,39-,40-,43+/m0/s1. The highest BCUT2D eigenvalue weighted by molar-refractivity contribution is 5.98. The van der Waals surface area contributed by atoms with Gasteiger partial charge in [-0.2, -0.15) is 0 Å². The van der Waals surface area contributed by atoms with Crippen molar-refractivity contribution in [1.82, 2.24) is 20.2 Å². The molecular formula is C47H50N4O8. The number of aliphatic carboxylic acids is 1. The topological polar surface area (TPSA) is 153 Å². The average Bonchev–Trinajstić information content (AvgIpc) is 3.58. The van der Waals surface area contributed by atoms with E-state index in [4.69, 9.17) is 18.6 Å². The number of amides is 2. The molecule has 2 aromatic heterocycles. The predicted molar refractivity (Wildman–Crippen MR) is 220 cm³/mol. The van der Waals surface area contributed by atoms with E-state index in [-0.39, 0.29) is 43.9 Å². The van der Waals surface area contributed by atoms with Crippen molar-refractivity contribution in [3.63, 3.8) is 0 Å². The molecule has 1 fully saturated rings. The number of carboxylic acid groups (broad SMARTS) is 1. The van der Waals surface area contributed by atoms with Gasteiger partial charge in [-0.25, -0.2) is 9.78 Å². The lowest BCUT2D eigenvalue weighted by atomic mass is 9.89. The smallest absolute Gasteiger partial charge is 0.326 e. The van der Waals surface area contributed by atoms with Gasteiger partial charge < -0.3 is 34.0 Å². The molecule has 0 saturated heterocycles. The second kappa shape index (κ2) is 16.6. The second-order valence-corrected chi connectivity index (χ2v) is 16.2. The summed E-state index contributed by atoms with van der Waals surface area (Å²) >= 11 is 0. The van der Waals surface area contributed by atoms with Gasteiger partial charge in [0, 0.05) is 38.2 Å². The molecule has 3 aliphatic rings. The summed E-state index contributed by atoms with van der Waals surface area (Å²) in [6.07, 6.45) is 6.33. The Morgan fingerprint density at radius 2 is 1.66 bits per heavy atom. The number of carbonyl (C=O) groups is 3. The number of rotatable bonds is 10. The summed E-state index contributed by atoms with van der Waals surface area (Å²) in [6.45, 7) is 9.92. The summed E-state index contributed by atoms with van der Waals surface area (Å²) in [4.78, 5) is 51.1. The highest BCUT2D eigenvalue weighted by Crippen LogP contribution is 2.41. The largest absolute Gasteiger partial charge is 0.490 e. The summed E-state index contributed by atoms with van der Waals surface area (Å²) in [5, 5.41) is 13.0. The van der Waals surface area contributed by atoms with Gasteiger partial charge >= 0.3 is 5.97 Å². The molecule has 0 unspecified atom stereocenters. The van der Waals surface area contributed by atoms with E-state index in [1.54, 1.807) is 20.0 Å². The lowest BCUT2D eigenvalue weighted by molar-refractivity contribution is -0.142. The molecule has 0 radical (unpaired) electrons. The van der Waals surface area contributed by atoms with Gasteiger partial charge in [0.25, 0.3) is 5.91 Å². The molecule has 0 bridgehead atoms. The lowest BCUT2D eigenvalue weighted by Crippen LogP contribution is -2.56. The molecular weight excluding hydrogens is 749 g/mol. The number of nitrogens with zero attached hydrogens (tertiary/aromatic N) is 3. The summed E-state index contributed by atoms with van der Waals surface area (Å²) in [5.74, 6) is 1.06. The number of aryl methyl sites for hydroxylation is 3. The van der Waals surface area contributed by atoms with E-state index >= 15 is 0 Å². The first-order chi connectivity index (χ1) is 28.4. The number of fused-ring (bicyclic) bond motifs is 2. The second-order valence-electron chi connectivity index (χ2n) is 16.2. The van der Waals surface area contributed by atoms with Crippen molar-refractivity contribution in [2.45, 2.75) is 104 Å². The molecule has 12 nitrogen and oxygen atoms in total. The van der Waals surface area contributed by atoms with Gasteiger partial charge in [0.1, 0.15) is 30.2 Å². The first-order valence-electron chi connectivity index (χ1n) is 20.4. The van der Waals surface area contributed by atoms with Crippen LogP contribution in [0.5, 0.6) is 17.2 Å². The highest BCUT2D eigenvalue weighted by Gasteiger charge is 2.39. The van der Waals surface area contributed by atoms with Crippen molar-refractivity contribution >= 4 is 17.8 Å². The minimum Gasteiger partial charge on any atom is -0.490 e. The zero-order valence-electron chi connectivity index (χ0n) is 34.1. The molecule has 12 heteroatoms. The summed E-state index contributed by atoms with van der Waals surface area (Å²) < 4.78 is 24.6. The maximum atomic E-state index is 14.2. The van der Waals surface area contributed by atoms with E-state index in [2.05, 4.69) is 22.2 Å². The van der Waals surface area contributed by atoms with Gasteiger partial charge in [0.2, 0.25) is 5.91 Å². The molecule has 59 heavy (non-hydrogen) atoms. The minimum absolute atomic E-state index is 0.0456. The van der Waals surface area contributed by atoms with Gasteiger partial charge in [0.15, 0.2) is 29.2 Å². The van der Waals surface area contributed by atoms with Crippen molar-refractivity contribution in [1.29, 1.82) is 0 Å². The fraction of sp³-hybridized carbons (Fsp3) is 0.383. The number of hydrogen-bond donors (Lipinski definition) is 2.